The van der Waals surface area contributed by atoms with Crippen molar-refractivity contribution < 1.29 is 14.3 Å². The summed E-state index contributed by atoms with van der Waals surface area (Å²) in [4.78, 5) is 25.2. The van der Waals surface area contributed by atoms with Gasteiger partial charge in [0.15, 0.2) is 5.60 Å². The van der Waals surface area contributed by atoms with Crippen molar-refractivity contribution >= 4 is 11.7 Å². The monoisotopic (exact) mass is 320 g/mol. The van der Waals surface area contributed by atoms with Crippen molar-refractivity contribution in [1.29, 1.82) is 5.26 Å². The molecule has 0 radical (unpaired) electrons. The topological polar surface area (TPSA) is 79.2 Å². The van der Waals surface area contributed by atoms with Crippen LogP contribution in [0.1, 0.15) is 41.4 Å². The highest BCUT2D eigenvalue weighted by molar-refractivity contribution is 6.01. The molecule has 0 fully saturated rings. The standard InChI is InChI=1S/C19H16N2O3/c1-19(2)17(22)16(21-18(23)13-6-4-3-5-7-13)14-10-12(11-20)8-9-15(14)24-19/h3-10,16H,1-2H3,(H,21,23). The number of nitrogens with zero attached hydrogens (tertiary/aromatic N) is 1. The Hall–Kier alpha value is -3.13. The van der Waals surface area contributed by atoms with Gasteiger partial charge in [0, 0.05) is 11.1 Å². The van der Waals surface area contributed by atoms with Crippen molar-refractivity contribution in [3.63, 3.8) is 0 Å². The van der Waals surface area contributed by atoms with Gasteiger partial charge < -0.3 is 10.1 Å². The van der Waals surface area contributed by atoms with Crippen LogP contribution >= 0.6 is 0 Å². The van der Waals surface area contributed by atoms with Crippen LogP contribution < -0.4 is 10.1 Å². The molecule has 0 aliphatic carbocycles. The molecule has 0 aromatic heterocycles. The normalized spacial score (nSPS) is 18.0. The lowest BCUT2D eigenvalue weighted by Gasteiger charge is -2.36. The fraction of sp³-hybridized carbons (Fsp3) is 0.211. The molecule has 2 aromatic rings. The van der Waals surface area contributed by atoms with Gasteiger partial charge in [0.05, 0.1) is 11.6 Å². The number of Topliss-reactive ketones (excluding diaryl/α,β-unsaturated/α-hetero) is 1. The van der Waals surface area contributed by atoms with Gasteiger partial charge in [-0.2, -0.15) is 5.26 Å². The van der Waals surface area contributed by atoms with E-state index in [0.29, 0.717) is 22.4 Å². The van der Waals surface area contributed by atoms with Gasteiger partial charge in [-0.15, -0.1) is 0 Å². The zero-order valence-corrected chi connectivity index (χ0v) is 13.4. The first-order chi connectivity index (χ1) is 11.4. The van der Waals surface area contributed by atoms with Crippen LogP contribution in [0.25, 0.3) is 0 Å². The molecule has 5 nitrogen and oxygen atoms in total. The van der Waals surface area contributed by atoms with E-state index in [1.54, 1.807) is 56.3 Å². The number of amides is 1. The summed E-state index contributed by atoms with van der Waals surface area (Å²) in [5.41, 5.74) is 0.314. The lowest BCUT2D eigenvalue weighted by Crippen LogP contribution is -2.50. The minimum atomic E-state index is -1.06. The zero-order chi connectivity index (χ0) is 17.3. The molecule has 120 valence electrons. The van der Waals surface area contributed by atoms with Gasteiger partial charge in [-0.3, -0.25) is 9.59 Å². The smallest absolute Gasteiger partial charge is 0.252 e. The Morgan fingerprint density at radius 1 is 1.21 bits per heavy atom. The summed E-state index contributed by atoms with van der Waals surface area (Å²) < 4.78 is 5.74. The highest BCUT2D eigenvalue weighted by atomic mass is 16.5. The predicted molar refractivity (Wildman–Crippen MR) is 87.5 cm³/mol. The van der Waals surface area contributed by atoms with Crippen LogP contribution in [-0.4, -0.2) is 17.3 Å². The first-order valence-electron chi connectivity index (χ1n) is 7.55. The number of carbonyl (C=O) groups excluding carboxylic acids is 2. The maximum Gasteiger partial charge on any atom is 0.252 e. The average Bonchev–Trinajstić information content (AvgIpc) is 2.59. The van der Waals surface area contributed by atoms with Gasteiger partial charge in [-0.1, -0.05) is 18.2 Å². The molecule has 1 N–H and O–H groups in total. The van der Waals surface area contributed by atoms with E-state index in [4.69, 9.17) is 10.00 Å². The van der Waals surface area contributed by atoms with Crippen LogP contribution in [0.2, 0.25) is 0 Å². The number of hydrogen-bond acceptors (Lipinski definition) is 4. The number of carbonyl (C=O) groups is 2. The Bertz CT molecular complexity index is 851. The lowest BCUT2D eigenvalue weighted by molar-refractivity contribution is -0.136. The lowest BCUT2D eigenvalue weighted by atomic mass is 9.87. The van der Waals surface area contributed by atoms with Crippen molar-refractivity contribution in [3.05, 3.63) is 65.2 Å². The highest BCUT2D eigenvalue weighted by Gasteiger charge is 2.43. The zero-order valence-electron chi connectivity index (χ0n) is 13.4. The van der Waals surface area contributed by atoms with Crippen LogP contribution in [-0.2, 0) is 4.79 Å². The molecular weight excluding hydrogens is 304 g/mol. The fourth-order valence-electron chi connectivity index (χ4n) is 2.70. The molecule has 0 spiro atoms. The Morgan fingerprint density at radius 2 is 1.92 bits per heavy atom. The first kappa shape index (κ1) is 15.8. The van der Waals surface area contributed by atoms with Crippen molar-refractivity contribution in [3.8, 4) is 11.8 Å². The van der Waals surface area contributed by atoms with Crippen molar-refractivity contribution in [1.82, 2.24) is 5.32 Å². The second kappa shape index (κ2) is 5.82. The third-order valence-corrected chi connectivity index (χ3v) is 3.98. The van der Waals surface area contributed by atoms with E-state index in [2.05, 4.69) is 5.32 Å². The second-order valence-electron chi connectivity index (χ2n) is 6.11. The Kier molecular flexibility index (Phi) is 3.82. The van der Waals surface area contributed by atoms with E-state index in [1.165, 1.54) is 0 Å². The average molecular weight is 320 g/mol. The largest absolute Gasteiger partial charge is 0.480 e. The summed E-state index contributed by atoms with van der Waals surface area (Å²) in [6, 6.07) is 14.7. The Balaban J connectivity index is 2.01. The number of ether oxygens (including phenoxy) is 1. The van der Waals surface area contributed by atoms with Gasteiger partial charge in [0.25, 0.3) is 5.91 Å². The molecule has 1 aliphatic heterocycles. The molecule has 1 amide bonds. The van der Waals surface area contributed by atoms with Gasteiger partial charge in [0.1, 0.15) is 11.8 Å². The van der Waals surface area contributed by atoms with E-state index >= 15 is 0 Å². The van der Waals surface area contributed by atoms with E-state index in [1.807, 2.05) is 12.1 Å². The van der Waals surface area contributed by atoms with E-state index in [-0.39, 0.29) is 11.7 Å². The summed E-state index contributed by atoms with van der Waals surface area (Å²) in [5.74, 6) is -0.105. The SMILES string of the molecule is CC1(C)Oc2ccc(C#N)cc2C(NC(=O)c2ccccc2)C1=O. The minimum absolute atomic E-state index is 0.255. The summed E-state index contributed by atoms with van der Waals surface area (Å²) in [7, 11) is 0. The van der Waals surface area contributed by atoms with E-state index in [9.17, 15) is 9.59 Å². The number of hydrogen-bond donors (Lipinski definition) is 1. The Labute approximate surface area is 139 Å². The second-order valence-corrected chi connectivity index (χ2v) is 6.11. The van der Waals surface area contributed by atoms with Gasteiger partial charge in [-0.05, 0) is 44.2 Å². The number of ketones is 1. The molecule has 0 saturated carbocycles. The summed E-state index contributed by atoms with van der Waals surface area (Å²) in [6.45, 7) is 3.33. The number of nitrogens with one attached hydrogen (secondary N) is 1. The van der Waals surface area contributed by atoms with Gasteiger partial charge >= 0.3 is 0 Å². The van der Waals surface area contributed by atoms with Crippen LogP contribution in [0.3, 0.4) is 0 Å². The van der Waals surface area contributed by atoms with Crippen LogP contribution in [0.5, 0.6) is 5.75 Å². The van der Waals surface area contributed by atoms with Crippen molar-refractivity contribution in [2.75, 3.05) is 0 Å². The molecule has 0 bridgehead atoms. The molecule has 3 rings (SSSR count). The van der Waals surface area contributed by atoms with Crippen molar-refractivity contribution in [2.24, 2.45) is 0 Å². The third-order valence-electron chi connectivity index (χ3n) is 3.98. The predicted octanol–water partition coefficient (Wildman–Crippen LogP) is 2.77. The molecule has 1 heterocycles. The molecule has 24 heavy (non-hydrogen) atoms. The minimum Gasteiger partial charge on any atom is -0.480 e. The molecule has 1 unspecified atom stereocenters. The molecular formula is C19H16N2O3. The Morgan fingerprint density at radius 3 is 2.58 bits per heavy atom. The van der Waals surface area contributed by atoms with Crippen LogP contribution in [0, 0.1) is 11.3 Å². The highest BCUT2D eigenvalue weighted by Crippen LogP contribution is 2.37. The third kappa shape index (κ3) is 2.74. The van der Waals surface area contributed by atoms with Crippen LogP contribution in [0.4, 0.5) is 0 Å². The molecule has 2 aromatic carbocycles. The first-order valence-corrected chi connectivity index (χ1v) is 7.55. The summed E-state index contributed by atoms with van der Waals surface area (Å²) in [5, 5.41) is 11.9. The summed E-state index contributed by atoms with van der Waals surface area (Å²) >= 11 is 0. The quantitative estimate of drug-likeness (QED) is 0.923. The van der Waals surface area contributed by atoms with E-state index in [0.717, 1.165) is 0 Å². The van der Waals surface area contributed by atoms with Gasteiger partial charge in [-0.25, -0.2) is 0 Å². The maximum atomic E-state index is 12.8. The van der Waals surface area contributed by atoms with Crippen LogP contribution in [0.15, 0.2) is 48.5 Å². The number of nitriles is 1. The summed E-state index contributed by atoms with van der Waals surface area (Å²) in [6.07, 6.45) is 0. The van der Waals surface area contributed by atoms with Crippen molar-refractivity contribution in [2.45, 2.75) is 25.5 Å². The molecule has 5 heteroatoms. The molecule has 1 aliphatic rings. The maximum absolute atomic E-state index is 12.8. The molecule has 0 saturated heterocycles. The number of fused-ring (bicyclic) bond motifs is 1. The fourth-order valence-corrected chi connectivity index (χ4v) is 2.70. The number of rotatable bonds is 2. The molecule has 1 atom stereocenters. The van der Waals surface area contributed by atoms with E-state index < -0.39 is 11.6 Å². The van der Waals surface area contributed by atoms with Gasteiger partial charge in [0.2, 0.25) is 5.78 Å². The number of benzene rings is 2.